The molecule has 1 aliphatic rings. The number of hydrogen-bond donors (Lipinski definition) is 0. The van der Waals surface area contributed by atoms with Crippen LogP contribution in [-0.4, -0.2) is 14.1 Å². The topological polar surface area (TPSA) is 41.2 Å². The molecule has 264 valence electrons. The van der Waals surface area contributed by atoms with E-state index in [2.05, 4.69) is 124 Å². The predicted octanol–water partition coefficient (Wildman–Crippen LogP) is 13.2. The van der Waals surface area contributed by atoms with Gasteiger partial charge in [-0.05, 0) is 84.9 Å². The first-order valence-corrected chi connectivity index (χ1v) is 19.4. The molecule has 0 spiro atoms. The fourth-order valence-electron chi connectivity index (χ4n) is 8.54. The number of para-hydroxylation sites is 2. The van der Waals surface area contributed by atoms with Gasteiger partial charge in [-0.3, -0.25) is 4.57 Å². The molecule has 0 saturated heterocycles. The SMILES string of the molecule is C#Cc1ccc2c(c1)c1ccc3c4cc(C#C)ccc4n(-c4cccc(-c5ccc6c(c5)sc5ccccc56)n4)c3c1n2-c1ccc2c(c1)Oc1ccccc1O2. The Kier molecular flexibility index (Phi) is 6.57. The molecule has 11 aromatic rings. The lowest BCUT2D eigenvalue weighted by atomic mass is 10.1. The van der Waals surface area contributed by atoms with Crippen molar-refractivity contribution in [2.45, 2.75) is 0 Å². The van der Waals surface area contributed by atoms with E-state index in [1.165, 1.54) is 20.2 Å². The highest BCUT2D eigenvalue weighted by Gasteiger charge is 2.25. The third-order valence-electron chi connectivity index (χ3n) is 11.1. The number of hydrogen-bond acceptors (Lipinski definition) is 4. The summed E-state index contributed by atoms with van der Waals surface area (Å²) in [7, 11) is 0. The lowest BCUT2D eigenvalue weighted by Crippen LogP contribution is -2.03. The minimum atomic E-state index is 0.637. The van der Waals surface area contributed by atoms with Crippen molar-refractivity contribution in [3.05, 3.63) is 163 Å². The molecule has 0 fully saturated rings. The number of pyridine rings is 1. The standard InChI is InChI=1S/C51H27N3O2S/c1-3-30-16-23-41-38(26-30)36-21-22-37-39-27-31(4-2)17-24-42(39)54(49-15-9-11-40(52-49)32-18-20-35-34-10-5-8-14-47(34)57-48(35)28-32)51(37)50(36)53(41)33-19-25-45-46(29-33)56-44-13-7-6-12-43(44)55-45/h1-2,5-29H. The molecule has 0 aliphatic carbocycles. The van der Waals surface area contributed by atoms with Gasteiger partial charge < -0.3 is 14.0 Å². The van der Waals surface area contributed by atoms with Crippen molar-refractivity contribution in [1.29, 1.82) is 0 Å². The summed E-state index contributed by atoms with van der Waals surface area (Å²) in [5.74, 6) is 9.16. The normalized spacial score (nSPS) is 12.1. The number of aromatic nitrogens is 3. The van der Waals surface area contributed by atoms with Crippen molar-refractivity contribution < 1.29 is 9.47 Å². The predicted molar refractivity (Wildman–Crippen MR) is 234 cm³/mol. The maximum absolute atomic E-state index is 6.43. The van der Waals surface area contributed by atoms with E-state index in [0.29, 0.717) is 23.0 Å². The smallest absolute Gasteiger partial charge is 0.172 e. The Hall–Kier alpha value is -7.77. The van der Waals surface area contributed by atoms with Gasteiger partial charge in [-0.25, -0.2) is 4.98 Å². The van der Waals surface area contributed by atoms with Crippen molar-refractivity contribution in [2.75, 3.05) is 0 Å². The van der Waals surface area contributed by atoms with Crippen molar-refractivity contribution in [3.63, 3.8) is 0 Å². The molecule has 0 amide bonds. The number of terminal acetylenes is 2. The molecule has 0 bridgehead atoms. The largest absolute Gasteiger partial charge is 0.450 e. The first-order chi connectivity index (χ1) is 28.1. The van der Waals surface area contributed by atoms with Crippen LogP contribution in [-0.2, 0) is 0 Å². The Balaban J connectivity index is 1.15. The average molecular weight is 746 g/mol. The van der Waals surface area contributed by atoms with E-state index in [1.54, 1.807) is 0 Å². The van der Waals surface area contributed by atoms with Crippen LogP contribution in [0.2, 0.25) is 0 Å². The van der Waals surface area contributed by atoms with Gasteiger partial charge in [0, 0.05) is 64.5 Å². The number of thiophene rings is 1. The van der Waals surface area contributed by atoms with Gasteiger partial charge in [0.2, 0.25) is 0 Å². The Morgan fingerprint density at radius 3 is 1.86 bits per heavy atom. The second-order valence-electron chi connectivity index (χ2n) is 14.3. The summed E-state index contributed by atoms with van der Waals surface area (Å²) in [5, 5.41) is 6.74. The van der Waals surface area contributed by atoms with Crippen LogP contribution in [0.3, 0.4) is 0 Å². The maximum Gasteiger partial charge on any atom is 0.172 e. The summed E-state index contributed by atoms with van der Waals surface area (Å²) < 4.78 is 19.8. The van der Waals surface area contributed by atoms with Crippen LogP contribution < -0.4 is 9.47 Å². The van der Waals surface area contributed by atoms with E-state index in [1.807, 2.05) is 59.9 Å². The van der Waals surface area contributed by atoms with Crippen LogP contribution >= 0.6 is 11.3 Å². The molecule has 5 nitrogen and oxygen atoms in total. The Morgan fingerprint density at radius 2 is 1.11 bits per heavy atom. The van der Waals surface area contributed by atoms with Crippen LogP contribution in [0.15, 0.2) is 152 Å². The van der Waals surface area contributed by atoms with Crippen molar-refractivity contribution in [3.8, 4) is 70.4 Å². The molecule has 7 aromatic carbocycles. The zero-order valence-corrected chi connectivity index (χ0v) is 31.0. The quantitative estimate of drug-likeness (QED) is 0.169. The lowest BCUT2D eigenvalue weighted by molar-refractivity contribution is 0.359. The van der Waals surface area contributed by atoms with E-state index in [0.717, 1.165) is 77.5 Å². The van der Waals surface area contributed by atoms with Crippen LogP contribution in [0.4, 0.5) is 0 Å². The van der Waals surface area contributed by atoms with Gasteiger partial charge in [-0.15, -0.1) is 24.2 Å². The molecule has 0 atom stereocenters. The number of benzene rings is 7. The van der Waals surface area contributed by atoms with E-state index in [9.17, 15) is 0 Å². The zero-order valence-electron chi connectivity index (χ0n) is 30.2. The summed E-state index contributed by atoms with van der Waals surface area (Å²) in [6.45, 7) is 0. The highest BCUT2D eigenvalue weighted by molar-refractivity contribution is 7.25. The summed E-state index contributed by atoms with van der Waals surface area (Å²) >= 11 is 1.81. The third-order valence-corrected chi connectivity index (χ3v) is 12.2. The number of nitrogens with zero attached hydrogens (tertiary/aromatic N) is 3. The molecular weight excluding hydrogens is 719 g/mol. The Bertz CT molecular complexity index is 3630. The summed E-state index contributed by atoms with van der Waals surface area (Å²) in [6, 6.07) is 52.1. The van der Waals surface area contributed by atoms with Gasteiger partial charge in [-0.1, -0.05) is 72.5 Å². The molecule has 12 rings (SSSR count). The van der Waals surface area contributed by atoms with E-state index < -0.39 is 0 Å². The summed E-state index contributed by atoms with van der Waals surface area (Å²) in [6.07, 6.45) is 12.0. The maximum atomic E-state index is 6.43. The second kappa shape index (κ2) is 11.9. The van der Waals surface area contributed by atoms with Gasteiger partial charge in [0.15, 0.2) is 23.0 Å². The highest BCUT2D eigenvalue weighted by atomic mass is 32.1. The molecule has 4 aromatic heterocycles. The number of fused-ring (bicyclic) bond motifs is 12. The average Bonchev–Trinajstić information content (AvgIpc) is 3.92. The van der Waals surface area contributed by atoms with E-state index in [-0.39, 0.29) is 0 Å². The molecule has 6 heteroatoms. The zero-order chi connectivity index (χ0) is 37.8. The number of ether oxygens (including phenoxy) is 2. The minimum absolute atomic E-state index is 0.637. The van der Waals surface area contributed by atoms with Crippen molar-refractivity contribution >= 4 is 75.1 Å². The Morgan fingerprint density at radius 1 is 0.474 bits per heavy atom. The molecule has 57 heavy (non-hydrogen) atoms. The molecule has 0 saturated carbocycles. The van der Waals surface area contributed by atoms with Crippen LogP contribution in [0, 0.1) is 24.7 Å². The van der Waals surface area contributed by atoms with Crippen LogP contribution in [0.1, 0.15) is 11.1 Å². The van der Waals surface area contributed by atoms with E-state index in [4.69, 9.17) is 27.3 Å². The first-order valence-electron chi connectivity index (χ1n) is 18.6. The third kappa shape index (κ3) is 4.63. The molecule has 0 radical (unpaired) electrons. The monoisotopic (exact) mass is 745 g/mol. The van der Waals surface area contributed by atoms with Crippen LogP contribution in [0.5, 0.6) is 23.0 Å². The van der Waals surface area contributed by atoms with Gasteiger partial charge in [0.1, 0.15) is 5.82 Å². The highest BCUT2D eigenvalue weighted by Crippen LogP contribution is 2.48. The number of rotatable bonds is 3. The van der Waals surface area contributed by atoms with Crippen molar-refractivity contribution in [1.82, 2.24) is 14.1 Å². The summed E-state index contributed by atoms with van der Waals surface area (Å²) in [4.78, 5) is 5.41. The van der Waals surface area contributed by atoms with Gasteiger partial charge in [0.05, 0.1) is 33.4 Å². The fourth-order valence-corrected chi connectivity index (χ4v) is 9.68. The first kappa shape index (κ1) is 31.6. The summed E-state index contributed by atoms with van der Waals surface area (Å²) in [5.41, 5.74) is 8.50. The molecule has 5 heterocycles. The Labute approximate surface area is 330 Å². The molecular formula is C51H27N3O2S. The van der Waals surface area contributed by atoms with Gasteiger partial charge >= 0.3 is 0 Å². The van der Waals surface area contributed by atoms with Crippen LogP contribution in [0.25, 0.3) is 86.5 Å². The van der Waals surface area contributed by atoms with Crippen molar-refractivity contribution in [2.24, 2.45) is 0 Å². The van der Waals surface area contributed by atoms with Gasteiger partial charge in [-0.2, -0.15) is 0 Å². The van der Waals surface area contributed by atoms with Gasteiger partial charge in [0.25, 0.3) is 0 Å². The molecule has 1 aliphatic heterocycles. The molecule has 0 N–H and O–H groups in total. The fraction of sp³-hybridized carbons (Fsp3) is 0. The van der Waals surface area contributed by atoms with E-state index >= 15 is 0 Å². The lowest BCUT2D eigenvalue weighted by Gasteiger charge is -2.21. The minimum Gasteiger partial charge on any atom is -0.450 e. The second-order valence-corrected chi connectivity index (χ2v) is 15.3. The molecule has 0 unspecified atom stereocenters.